The van der Waals surface area contributed by atoms with Gasteiger partial charge in [0.15, 0.2) is 11.5 Å². The van der Waals surface area contributed by atoms with E-state index < -0.39 is 6.10 Å². The molecule has 0 aromatic heterocycles. The lowest BCUT2D eigenvalue weighted by molar-refractivity contribution is -0.141. The third-order valence-corrected chi connectivity index (χ3v) is 3.47. The van der Waals surface area contributed by atoms with Crippen LogP contribution in [0.25, 0.3) is 0 Å². The van der Waals surface area contributed by atoms with Crippen LogP contribution in [-0.2, 0) is 4.79 Å². The summed E-state index contributed by atoms with van der Waals surface area (Å²) in [5.74, 6) is 1.34. The van der Waals surface area contributed by atoms with Crippen molar-refractivity contribution in [3.8, 4) is 11.5 Å². The van der Waals surface area contributed by atoms with E-state index in [0.29, 0.717) is 18.0 Å². The first-order chi connectivity index (χ1) is 9.24. The van der Waals surface area contributed by atoms with Crippen molar-refractivity contribution >= 4 is 5.91 Å². The van der Waals surface area contributed by atoms with Gasteiger partial charge in [-0.2, -0.15) is 0 Å². The molecule has 1 amide bonds. The number of fused-ring (bicyclic) bond motifs is 1. The Labute approximate surface area is 112 Å². The summed E-state index contributed by atoms with van der Waals surface area (Å²) in [7, 11) is 0. The Bertz CT molecular complexity index is 512. The molecule has 2 aliphatic heterocycles. The fourth-order valence-electron chi connectivity index (χ4n) is 2.48. The average Bonchev–Trinajstić information content (AvgIpc) is 2.46. The normalized spacial score (nSPS) is 22.2. The van der Waals surface area contributed by atoms with Gasteiger partial charge in [0.2, 0.25) is 6.10 Å². The van der Waals surface area contributed by atoms with Gasteiger partial charge in [0.05, 0.1) is 0 Å². The van der Waals surface area contributed by atoms with Crippen molar-refractivity contribution in [2.24, 2.45) is 0 Å². The lowest BCUT2D eigenvalue weighted by atomic mass is 10.1. The van der Waals surface area contributed by atoms with E-state index >= 15 is 0 Å². The zero-order chi connectivity index (χ0) is 13.2. The van der Waals surface area contributed by atoms with Crippen molar-refractivity contribution in [3.63, 3.8) is 0 Å². The third-order valence-electron chi connectivity index (χ3n) is 3.47. The Balaban J connectivity index is 1.70. The molecule has 100 valence electrons. The predicted octanol–water partition coefficient (Wildman–Crippen LogP) is 2.00. The van der Waals surface area contributed by atoms with Crippen molar-refractivity contribution in [2.75, 3.05) is 19.7 Å². The highest BCUT2D eigenvalue weighted by Gasteiger charge is 2.31. The van der Waals surface area contributed by atoms with Crippen LogP contribution in [0.1, 0.15) is 12.8 Å². The van der Waals surface area contributed by atoms with Gasteiger partial charge in [-0.15, -0.1) is 0 Å². The third kappa shape index (κ3) is 2.43. The van der Waals surface area contributed by atoms with Crippen LogP contribution in [0.3, 0.4) is 0 Å². The first-order valence-electron chi connectivity index (χ1n) is 6.58. The summed E-state index contributed by atoms with van der Waals surface area (Å²) in [6.07, 6.45) is 1.45. The van der Waals surface area contributed by atoms with Crippen LogP contribution in [0.4, 0.5) is 0 Å². The van der Waals surface area contributed by atoms with E-state index in [1.807, 2.05) is 29.2 Å². The van der Waals surface area contributed by atoms with Gasteiger partial charge < -0.3 is 14.4 Å². The largest absolute Gasteiger partial charge is 0.485 e. The second-order valence-electron chi connectivity index (χ2n) is 4.98. The highest BCUT2D eigenvalue weighted by atomic mass is 16.6. The summed E-state index contributed by atoms with van der Waals surface area (Å²) in [5.41, 5.74) is 1.11. The van der Waals surface area contributed by atoms with E-state index in [9.17, 15) is 4.79 Å². The Morgan fingerprint density at radius 3 is 2.89 bits per heavy atom. The van der Waals surface area contributed by atoms with Gasteiger partial charge in [-0.25, -0.2) is 0 Å². The lowest BCUT2D eigenvalue weighted by Crippen LogP contribution is -2.48. The highest BCUT2D eigenvalue weighted by Crippen LogP contribution is 2.31. The van der Waals surface area contributed by atoms with Crippen molar-refractivity contribution in [1.29, 1.82) is 0 Å². The molecule has 0 saturated carbocycles. The van der Waals surface area contributed by atoms with Gasteiger partial charge in [0.1, 0.15) is 6.61 Å². The van der Waals surface area contributed by atoms with E-state index in [4.69, 9.17) is 9.47 Å². The van der Waals surface area contributed by atoms with Crippen molar-refractivity contribution in [2.45, 2.75) is 18.9 Å². The quantitative estimate of drug-likeness (QED) is 0.724. The van der Waals surface area contributed by atoms with E-state index in [2.05, 4.69) is 6.58 Å². The van der Waals surface area contributed by atoms with Gasteiger partial charge in [-0.05, 0) is 25.0 Å². The van der Waals surface area contributed by atoms with E-state index in [-0.39, 0.29) is 12.5 Å². The Hall–Kier alpha value is -1.97. The van der Waals surface area contributed by atoms with Crippen LogP contribution in [-0.4, -0.2) is 36.6 Å². The summed E-state index contributed by atoms with van der Waals surface area (Å²) in [6, 6.07) is 7.43. The summed E-state index contributed by atoms with van der Waals surface area (Å²) < 4.78 is 11.3. The first kappa shape index (κ1) is 12.1. The molecule has 3 rings (SSSR count). The molecular formula is C15H17NO3. The van der Waals surface area contributed by atoms with Crippen molar-refractivity contribution in [3.05, 3.63) is 36.4 Å². The molecule has 2 heterocycles. The lowest BCUT2D eigenvalue weighted by Gasteiger charge is -2.33. The molecule has 0 aliphatic carbocycles. The van der Waals surface area contributed by atoms with Crippen LogP contribution < -0.4 is 9.47 Å². The fourth-order valence-corrected chi connectivity index (χ4v) is 2.48. The first-order valence-corrected chi connectivity index (χ1v) is 6.58. The number of carbonyl (C=O) groups excluding carboxylic acids is 1. The molecule has 19 heavy (non-hydrogen) atoms. The highest BCUT2D eigenvalue weighted by molar-refractivity contribution is 5.82. The molecule has 0 radical (unpaired) electrons. The van der Waals surface area contributed by atoms with Gasteiger partial charge in [0, 0.05) is 13.1 Å². The maximum absolute atomic E-state index is 12.4. The minimum Gasteiger partial charge on any atom is -0.485 e. The number of benzene rings is 1. The van der Waals surface area contributed by atoms with E-state index in [1.54, 1.807) is 0 Å². The van der Waals surface area contributed by atoms with Crippen LogP contribution >= 0.6 is 0 Å². The van der Waals surface area contributed by atoms with Gasteiger partial charge in [-0.1, -0.05) is 24.3 Å². The van der Waals surface area contributed by atoms with Crippen molar-refractivity contribution in [1.82, 2.24) is 4.90 Å². The zero-order valence-corrected chi connectivity index (χ0v) is 10.8. The monoisotopic (exact) mass is 259 g/mol. The molecule has 1 fully saturated rings. The summed E-state index contributed by atoms with van der Waals surface area (Å²) in [4.78, 5) is 14.2. The molecule has 4 nitrogen and oxygen atoms in total. The van der Waals surface area contributed by atoms with Crippen LogP contribution in [0.5, 0.6) is 11.5 Å². The number of para-hydroxylation sites is 2. The van der Waals surface area contributed by atoms with E-state index in [1.165, 1.54) is 0 Å². The minimum atomic E-state index is -0.541. The number of likely N-dealkylation sites (tertiary alicyclic amines) is 1. The zero-order valence-electron chi connectivity index (χ0n) is 10.8. The number of amides is 1. The second-order valence-corrected chi connectivity index (χ2v) is 4.98. The van der Waals surface area contributed by atoms with Crippen LogP contribution in [0, 0.1) is 0 Å². The standard InChI is InChI=1S/C15H17NO3/c1-11-5-4-8-16(9-11)15(17)14-10-18-12-6-2-3-7-13(12)19-14/h2-3,6-7,14H,1,4-5,8-10H2/t14-/m1/s1. The molecule has 1 aromatic carbocycles. The van der Waals surface area contributed by atoms with Gasteiger partial charge in [0.25, 0.3) is 5.91 Å². The number of nitrogens with zero attached hydrogens (tertiary/aromatic N) is 1. The van der Waals surface area contributed by atoms with Crippen LogP contribution in [0.15, 0.2) is 36.4 Å². The predicted molar refractivity (Wildman–Crippen MR) is 71.3 cm³/mol. The molecule has 2 aliphatic rings. The number of piperidine rings is 1. The smallest absolute Gasteiger partial charge is 0.267 e. The average molecular weight is 259 g/mol. The van der Waals surface area contributed by atoms with Crippen molar-refractivity contribution < 1.29 is 14.3 Å². The molecule has 0 unspecified atom stereocenters. The van der Waals surface area contributed by atoms with Gasteiger partial charge in [-0.3, -0.25) is 4.79 Å². The molecular weight excluding hydrogens is 242 g/mol. The number of hydrogen-bond acceptors (Lipinski definition) is 3. The number of hydrogen-bond donors (Lipinski definition) is 0. The van der Waals surface area contributed by atoms with Crippen LogP contribution in [0.2, 0.25) is 0 Å². The van der Waals surface area contributed by atoms with Gasteiger partial charge >= 0.3 is 0 Å². The SMILES string of the molecule is C=C1CCCN(C(=O)[C@H]2COc3ccccc3O2)C1. The topological polar surface area (TPSA) is 38.8 Å². The fraction of sp³-hybridized carbons (Fsp3) is 0.400. The Morgan fingerprint density at radius 1 is 1.32 bits per heavy atom. The maximum Gasteiger partial charge on any atom is 0.267 e. The molecule has 1 atom stereocenters. The summed E-state index contributed by atoms with van der Waals surface area (Å²) in [6.45, 7) is 5.65. The molecule has 4 heteroatoms. The molecule has 1 saturated heterocycles. The summed E-state index contributed by atoms with van der Waals surface area (Å²) >= 11 is 0. The number of ether oxygens (including phenoxy) is 2. The Kier molecular flexibility index (Phi) is 3.15. The second kappa shape index (κ2) is 4.96. The molecule has 0 bridgehead atoms. The summed E-state index contributed by atoms with van der Waals surface area (Å²) in [5, 5.41) is 0. The molecule has 1 aromatic rings. The maximum atomic E-state index is 12.4. The molecule has 0 spiro atoms. The van der Waals surface area contributed by atoms with E-state index in [0.717, 1.165) is 25.0 Å². The number of rotatable bonds is 1. The Morgan fingerprint density at radius 2 is 2.11 bits per heavy atom. The minimum absolute atomic E-state index is 0.00430. The molecule has 0 N–H and O–H groups in total. The number of carbonyl (C=O) groups is 1.